The fourth-order valence-electron chi connectivity index (χ4n) is 1.35. The van der Waals surface area contributed by atoms with Gasteiger partial charge >= 0.3 is 5.97 Å². The summed E-state index contributed by atoms with van der Waals surface area (Å²) in [6.07, 6.45) is 0.744. The maximum atomic E-state index is 11.3. The molecule has 2 nitrogen and oxygen atoms in total. The first-order valence-corrected chi connectivity index (χ1v) is 5.01. The molecule has 0 aliphatic carbocycles. The molecule has 1 aromatic rings. The molecule has 0 aromatic heterocycles. The van der Waals surface area contributed by atoms with Crippen molar-refractivity contribution in [2.75, 3.05) is 6.61 Å². The van der Waals surface area contributed by atoms with Crippen LogP contribution >= 0.6 is 27.5 Å². The van der Waals surface area contributed by atoms with Gasteiger partial charge in [-0.15, -0.1) is 0 Å². The van der Waals surface area contributed by atoms with Crippen LogP contribution in [0.1, 0.15) is 15.9 Å². The molecule has 2 rings (SSSR count). The molecule has 0 unspecified atom stereocenters. The Hall–Kier alpha value is -0.540. The van der Waals surface area contributed by atoms with Crippen molar-refractivity contribution >= 4 is 33.5 Å². The van der Waals surface area contributed by atoms with Gasteiger partial charge in [-0.2, -0.15) is 0 Å². The first-order valence-electron chi connectivity index (χ1n) is 3.84. The van der Waals surface area contributed by atoms with Crippen molar-refractivity contribution in [2.24, 2.45) is 0 Å². The molecule has 1 aromatic carbocycles. The average Bonchev–Trinajstić information content (AvgIpc) is 2.12. The van der Waals surface area contributed by atoms with Gasteiger partial charge in [0.1, 0.15) is 0 Å². The van der Waals surface area contributed by atoms with Gasteiger partial charge in [0.15, 0.2) is 0 Å². The highest BCUT2D eigenvalue weighted by Crippen LogP contribution is 2.31. The molecule has 0 bridgehead atoms. The molecule has 68 valence electrons. The van der Waals surface area contributed by atoms with Crippen molar-refractivity contribution in [2.45, 2.75) is 6.42 Å². The minimum Gasteiger partial charge on any atom is -0.462 e. The zero-order valence-electron chi connectivity index (χ0n) is 6.64. The van der Waals surface area contributed by atoms with E-state index in [9.17, 15) is 4.79 Å². The third-order valence-corrected chi connectivity index (χ3v) is 3.27. The predicted molar refractivity (Wildman–Crippen MR) is 53.1 cm³/mol. The van der Waals surface area contributed by atoms with Gasteiger partial charge in [-0.05, 0) is 27.6 Å². The molecule has 0 N–H and O–H groups in total. The van der Waals surface area contributed by atoms with Gasteiger partial charge in [0, 0.05) is 10.9 Å². The number of benzene rings is 1. The van der Waals surface area contributed by atoms with Crippen LogP contribution in [0, 0.1) is 0 Å². The summed E-state index contributed by atoms with van der Waals surface area (Å²) in [6.45, 7) is 0.448. The summed E-state index contributed by atoms with van der Waals surface area (Å²) in [4.78, 5) is 11.3. The summed E-state index contributed by atoms with van der Waals surface area (Å²) in [7, 11) is 0. The Morgan fingerprint density at radius 2 is 2.23 bits per heavy atom. The Morgan fingerprint density at radius 3 is 3.00 bits per heavy atom. The van der Waals surface area contributed by atoms with E-state index in [0.29, 0.717) is 17.2 Å². The topological polar surface area (TPSA) is 26.3 Å². The normalized spacial score (nSPS) is 15.1. The van der Waals surface area contributed by atoms with Crippen LogP contribution in [0.3, 0.4) is 0 Å². The number of hydrogen-bond donors (Lipinski definition) is 0. The van der Waals surface area contributed by atoms with E-state index >= 15 is 0 Å². The van der Waals surface area contributed by atoms with Crippen molar-refractivity contribution in [1.82, 2.24) is 0 Å². The van der Waals surface area contributed by atoms with E-state index in [1.807, 2.05) is 12.1 Å². The van der Waals surface area contributed by atoms with Gasteiger partial charge in [0.25, 0.3) is 0 Å². The second kappa shape index (κ2) is 3.31. The van der Waals surface area contributed by atoms with E-state index in [2.05, 4.69) is 15.9 Å². The standard InChI is InChI=1S/C9H6BrClO2/c10-6-2-1-5-3-4-13-9(12)7(5)8(6)11/h1-2H,3-4H2. The number of carbonyl (C=O) groups is 1. The second-order valence-electron chi connectivity index (χ2n) is 2.78. The predicted octanol–water partition coefficient (Wildman–Crippen LogP) is 2.82. The van der Waals surface area contributed by atoms with Crippen molar-refractivity contribution in [1.29, 1.82) is 0 Å². The van der Waals surface area contributed by atoms with Gasteiger partial charge in [-0.1, -0.05) is 17.7 Å². The van der Waals surface area contributed by atoms with Gasteiger partial charge in [0.2, 0.25) is 0 Å². The molecule has 0 saturated carbocycles. The molecule has 13 heavy (non-hydrogen) atoms. The lowest BCUT2D eigenvalue weighted by Crippen LogP contribution is -2.18. The number of ether oxygens (including phenoxy) is 1. The molecule has 1 aliphatic heterocycles. The number of carbonyl (C=O) groups excluding carboxylic acids is 1. The molecule has 0 saturated heterocycles. The molecular formula is C9H6BrClO2. The third-order valence-electron chi connectivity index (χ3n) is 1.99. The fraction of sp³-hybridized carbons (Fsp3) is 0.222. The van der Waals surface area contributed by atoms with Crippen molar-refractivity contribution < 1.29 is 9.53 Å². The number of esters is 1. The van der Waals surface area contributed by atoms with E-state index in [1.54, 1.807) is 0 Å². The lowest BCUT2D eigenvalue weighted by molar-refractivity contribution is 0.0480. The average molecular weight is 262 g/mol. The summed E-state index contributed by atoms with van der Waals surface area (Å²) in [6, 6.07) is 3.74. The minimum absolute atomic E-state index is 0.326. The zero-order chi connectivity index (χ0) is 9.42. The molecule has 0 amide bonds. The molecule has 0 atom stereocenters. The Morgan fingerprint density at radius 1 is 1.46 bits per heavy atom. The Balaban J connectivity index is 2.65. The molecule has 4 heteroatoms. The van der Waals surface area contributed by atoms with Gasteiger partial charge in [-0.25, -0.2) is 4.79 Å². The molecule has 1 heterocycles. The second-order valence-corrected chi connectivity index (χ2v) is 4.01. The molecule has 0 fully saturated rings. The van der Waals surface area contributed by atoms with E-state index in [-0.39, 0.29) is 5.97 Å². The molecular weight excluding hydrogens is 255 g/mol. The minimum atomic E-state index is -0.326. The van der Waals surface area contributed by atoms with Gasteiger partial charge in [0.05, 0.1) is 17.2 Å². The van der Waals surface area contributed by atoms with Crippen LogP contribution in [0.4, 0.5) is 0 Å². The summed E-state index contributed by atoms with van der Waals surface area (Å²) in [5, 5.41) is 0.446. The fourth-order valence-corrected chi connectivity index (χ4v) is 1.94. The number of cyclic esters (lactones) is 1. The number of rotatable bonds is 0. The van der Waals surface area contributed by atoms with Gasteiger partial charge < -0.3 is 4.74 Å². The largest absolute Gasteiger partial charge is 0.462 e. The first-order chi connectivity index (χ1) is 6.20. The van der Waals surface area contributed by atoms with Crippen LogP contribution in [0.2, 0.25) is 5.02 Å². The van der Waals surface area contributed by atoms with Crippen LogP contribution in [-0.4, -0.2) is 12.6 Å². The number of fused-ring (bicyclic) bond motifs is 1. The molecule has 1 aliphatic rings. The Labute approximate surface area is 89.0 Å². The van der Waals surface area contributed by atoms with Crippen molar-refractivity contribution in [3.05, 3.63) is 32.8 Å². The SMILES string of the molecule is O=C1OCCc2ccc(Br)c(Cl)c21. The number of halogens is 2. The summed E-state index contributed by atoms with van der Waals surface area (Å²) in [5.41, 5.74) is 1.46. The maximum Gasteiger partial charge on any atom is 0.339 e. The molecule has 0 spiro atoms. The van der Waals surface area contributed by atoms with Crippen LogP contribution in [-0.2, 0) is 11.2 Å². The van der Waals surface area contributed by atoms with Crippen molar-refractivity contribution in [3.8, 4) is 0 Å². The Bertz CT molecular complexity index is 376. The van der Waals surface area contributed by atoms with Crippen LogP contribution in [0.5, 0.6) is 0 Å². The summed E-state index contributed by atoms with van der Waals surface area (Å²) in [5.74, 6) is -0.326. The monoisotopic (exact) mass is 260 g/mol. The van der Waals surface area contributed by atoms with Crippen LogP contribution in [0.25, 0.3) is 0 Å². The lowest BCUT2D eigenvalue weighted by Gasteiger charge is -2.16. The van der Waals surface area contributed by atoms with Crippen molar-refractivity contribution in [3.63, 3.8) is 0 Å². The first kappa shape index (κ1) is 9.03. The highest BCUT2D eigenvalue weighted by Gasteiger charge is 2.22. The highest BCUT2D eigenvalue weighted by atomic mass is 79.9. The Kier molecular flexibility index (Phi) is 2.30. The van der Waals surface area contributed by atoms with Crippen LogP contribution < -0.4 is 0 Å². The molecule has 0 radical (unpaired) electrons. The van der Waals surface area contributed by atoms with E-state index in [1.165, 1.54) is 0 Å². The van der Waals surface area contributed by atoms with E-state index < -0.39 is 0 Å². The summed E-state index contributed by atoms with van der Waals surface area (Å²) < 4.78 is 5.62. The smallest absolute Gasteiger partial charge is 0.339 e. The van der Waals surface area contributed by atoms with E-state index in [4.69, 9.17) is 16.3 Å². The van der Waals surface area contributed by atoms with E-state index in [0.717, 1.165) is 16.5 Å². The summed E-state index contributed by atoms with van der Waals surface area (Å²) >= 11 is 9.22. The van der Waals surface area contributed by atoms with Gasteiger partial charge in [-0.3, -0.25) is 0 Å². The zero-order valence-corrected chi connectivity index (χ0v) is 8.98. The third kappa shape index (κ3) is 1.46. The lowest BCUT2D eigenvalue weighted by atomic mass is 10.0. The quantitative estimate of drug-likeness (QED) is 0.671. The number of hydrogen-bond acceptors (Lipinski definition) is 2. The maximum absolute atomic E-state index is 11.3. The highest BCUT2D eigenvalue weighted by molar-refractivity contribution is 9.10. The van der Waals surface area contributed by atoms with Crippen LogP contribution in [0.15, 0.2) is 16.6 Å².